The second-order valence-corrected chi connectivity index (χ2v) is 7.33. The van der Waals surface area contributed by atoms with Crippen molar-refractivity contribution in [3.05, 3.63) is 39.2 Å². The molecule has 7 nitrogen and oxygen atoms in total. The van der Waals surface area contributed by atoms with Crippen LogP contribution in [0.25, 0.3) is 11.0 Å². The van der Waals surface area contributed by atoms with Crippen LogP contribution in [0.4, 0.5) is 0 Å². The van der Waals surface area contributed by atoms with Gasteiger partial charge in [0.2, 0.25) is 0 Å². The molecule has 1 aliphatic rings. The first-order chi connectivity index (χ1) is 13.4. The number of benzene rings is 1. The van der Waals surface area contributed by atoms with E-state index in [1.54, 1.807) is 7.11 Å². The lowest BCUT2D eigenvalue weighted by Gasteiger charge is -2.30. The zero-order valence-electron chi connectivity index (χ0n) is 16.9. The molecule has 0 atom stereocenters. The van der Waals surface area contributed by atoms with Crippen LogP contribution in [0.3, 0.4) is 0 Å². The summed E-state index contributed by atoms with van der Waals surface area (Å²) in [7, 11) is 1.66. The minimum absolute atomic E-state index is 0.139. The number of ether oxygens (including phenoxy) is 3. The highest BCUT2D eigenvalue weighted by atomic mass is 16.5. The van der Waals surface area contributed by atoms with Crippen LogP contribution in [0.15, 0.2) is 21.3 Å². The molecule has 1 aromatic heterocycles. The first kappa shape index (κ1) is 20.4. The Hall–Kier alpha value is -2.38. The van der Waals surface area contributed by atoms with Crippen LogP contribution < -0.4 is 10.4 Å². The number of methoxy groups -OCH3 is 1. The van der Waals surface area contributed by atoms with Crippen LogP contribution in [0.1, 0.15) is 37.0 Å². The van der Waals surface area contributed by atoms with Crippen molar-refractivity contribution in [2.75, 3.05) is 27.0 Å². The van der Waals surface area contributed by atoms with Crippen LogP contribution in [-0.4, -0.2) is 44.0 Å². The third kappa shape index (κ3) is 4.54. The Balaban J connectivity index is 1.98. The van der Waals surface area contributed by atoms with E-state index in [0.717, 1.165) is 22.1 Å². The predicted molar refractivity (Wildman–Crippen MR) is 105 cm³/mol. The molecule has 3 rings (SSSR count). The molecule has 28 heavy (non-hydrogen) atoms. The molecule has 152 valence electrons. The summed E-state index contributed by atoms with van der Waals surface area (Å²) >= 11 is 0. The van der Waals surface area contributed by atoms with Gasteiger partial charge in [-0.25, -0.2) is 4.79 Å². The van der Waals surface area contributed by atoms with Gasteiger partial charge in [0.15, 0.2) is 0 Å². The van der Waals surface area contributed by atoms with Crippen LogP contribution in [0, 0.1) is 6.92 Å². The summed E-state index contributed by atoms with van der Waals surface area (Å²) in [5, 5.41) is 0.864. The van der Waals surface area contributed by atoms with Gasteiger partial charge in [-0.05, 0) is 44.4 Å². The fraction of sp³-hybridized carbons (Fsp3) is 0.524. The van der Waals surface area contributed by atoms with Gasteiger partial charge in [-0.15, -0.1) is 0 Å². The third-order valence-corrected chi connectivity index (χ3v) is 4.72. The second kappa shape index (κ2) is 8.75. The number of rotatable bonds is 7. The van der Waals surface area contributed by atoms with Gasteiger partial charge in [0, 0.05) is 38.1 Å². The van der Waals surface area contributed by atoms with Gasteiger partial charge in [0.05, 0.1) is 18.3 Å². The Morgan fingerprint density at radius 2 is 2.11 bits per heavy atom. The maximum Gasteiger partial charge on any atom is 0.336 e. The third-order valence-electron chi connectivity index (χ3n) is 4.72. The summed E-state index contributed by atoms with van der Waals surface area (Å²) in [5.41, 5.74) is 2.78. The fourth-order valence-electron chi connectivity index (χ4n) is 3.42. The van der Waals surface area contributed by atoms with E-state index >= 15 is 0 Å². The molecule has 0 aliphatic carbocycles. The average molecular weight is 389 g/mol. The highest BCUT2D eigenvalue weighted by Crippen LogP contribution is 2.37. The van der Waals surface area contributed by atoms with Crippen molar-refractivity contribution in [2.45, 2.75) is 46.3 Å². The highest BCUT2D eigenvalue weighted by Gasteiger charge is 2.25. The molecule has 0 N–H and O–H groups in total. The van der Waals surface area contributed by atoms with E-state index in [2.05, 4.69) is 4.90 Å². The number of fused-ring (bicyclic) bond motifs is 3. The largest absolute Gasteiger partial charge is 0.477 e. The van der Waals surface area contributed by atoms with Crippen LogP contribution >= 0.6 is 0 Å². The molecule has 7 heteroatoms. The van der Waals surface area contributed by atoms with Crippen molar-refractivity contribution < 1.29 is 23.4 Å². The quantitative estimate of drug-likeness (QED) is 0.532. The minimum Gasteiger partial charge on any atom is -0.477 e. The standard InChI is InChI=1S/C21H27NO6/c1-13(2)27-18(23)6-5-15-10-16-14(3)9-19(24)28-21(16)17-11-22(7-8-25-4)12-26-20(15)17/h9-10,13H,5-8,11-12H2,1-4H3. The lowest BCUT2D eigenvalue weighted by atomic mass is 9.97. The van der Waals surface area contributed by atoms with Crippen molar-refractivity contribution in [3.8, 4) is 5.75 Å². The van der Waals surface area contributed by atoms with Gasteiger partial charge in [-0.1, -0.05) is 0 Å². The van der Waals surface area contributed by atoms with Gasteiger partial charge in [0.1, 0.15) is 18.1 Å². The topological polar surface area (TPSA) is 78.2 Å². The van der Waals surface area contributed by atoms with Gasteiger partial charge < -0.3 is 18.6 Å². The maximum atomic E-state index is 12.0. The average Bonchev–Trinajstić information content (AvgIpc) is 2.64. The summed E-state index contributed by atoms with van der Waals surface area (Å²) in [4.78, 5) is 26.0. The van der Waals surface area contributed by atoms with Crippen molar-refractivity contribution >= 4 is 16.9 Å². The molecule has 0 saturated carbocycles. The molecular weight excluding hydrogens is 362 g/mol. The molecule has 0 spiro atoms. The smallest absolute Gasteiger partial charge is 0.336 e. The summed E-state index contributed by atoms with van der Waals surface area (Å²) in [5.74, 6) is 0.463. The summed E-state index contributed by atoms with van der Waals surface area (Å²) in [6.07, 6.45) is 0.628. The molecule has 1 aliphatic heterocycles. The minimum atomic E-state index is -0.380. The number of carbonyl (C=O) groups is 1. The maximum absolute atomic E-state index is 12.0. The number of nitrogens with zero attached hydrogens (tertiary/aromatic N) is 1. The van der Waals surface area contributed by atoms with E-state index in [0.29, 0.717) is 44.2 Å². The molecule has 0 saturated heterocycles. The molecule has 1 aromatic carbocycles. The first-order valence-electron chi connectivity index (χ1n) is 9.51. The Morgan fingerprint density at radius 3 is 2.82 bits per heavy atom. The molecule has 0 fully saturated rings. The SMILES string of the molecule is COCCN1COc2c(CCC(=O)OC(C)C)cc3c(C)cc(=O)oc3c2C1. The van der Waals surface area contributed by atoms with E-state index in [-0.39, 0.29) is 24.1 Å². The Morgan fingerprint density at radius 1 is 1.32 bits per heavy atom. The molecule has 0 unspecified atom stereocenters. The van der Waals surface area contributed by atoms with Crippen LogP contribution in [-0.2, 0) is 27.2 Å². The normalized spacial score (nSPS) is 14.2. The Bertz CT molecular complexity index is 917. The zero-order chi connectivity index (χ0) is 20.3. The van der Waals surface area contributed by atoms with Crippen molar-refractivity contribution in [1.29, 1.82) is 0 Å². The Kier molecular flexibility index (Phi) is 6.36. The van der Waals surface area contributed by atoms with Crippen molar-refractivity contribution in [2.24, 2.45) is 0 Å². The molecule has 0 radical (unpaired) electrons. The van der Waals surface area contributed by atoms with E-state index < -0.39 is 0 Å². The second-order valence-electron chi connectivity index (χ2n) is 7.33. The Labute approximate surface area is 164 Å². The van der Waals surface area contributed by atoms with Gasteiger partial charge in [-0.2, -0.15) is 0 Å². The number of esters is 1. The summed E-state index contributed by atoms with van der Waals surface area (Å²) in [6, 6.07) is 3.44. The van der Waals surface area contributed by atoms with E-state index in [4.69, 9.17) is 18.6 Å². The highest BCUT2D eigenvalue weighted by molar-refractivity contribution is 5.86. The van der Waals surface area contributed by atoms with Crippen LogP contribution in [0.5, 0.6) is 5.75 Å². The lowest BCUT2D eigenvalue weighted by molar-refractivity contribution is -0.147. The summed E-state index contributed by atoms with van der Waals surface area (Å²) in [6.45, 7) is 7.85. The number of hydrogen-bond donors (Lipinski definition) is 0. The van der Waals surface area contributed by atoms with Crippen molar-refractivity contribution in [3.63, 3.8) is 0 Å². The van der Waals surface area contributed by atoms with E-state index in [1.165, 1.54) is 6.07 Å². The monoisotopic (exact) mass is 389 g/mol. The van der Waals surface area contributed by atoms with Gasteiger partial charge in [0.25, 0.3) is 0 Å². The molecule has 0 amide bonds. The summed E-state index contributed by atoms with van der Waals surface area (Å²) < 4.78 is 22.0. The molecule has 2 aromatic rings. The van der Waals surface area contributed by atoms with Crippen molar-refractivity contribution in [1.82, 2.24) is 4.90 Å². The van der Waals surface area contributed by atoms with E-state index in [9.17, 15) is 9.59 Å². The predicted octanol–water partition coefficient (Wildman–Crippen LogP) is 2.78. The number of aryl methyl sites for hydroxylation is 2. The molecule has 0 bridgehead atoms. The number of hydrogen-bond acceptors (Lipinski definition) is 7. The molecule has 2 heterocycles. The molecular formula is C21H27NO6. The lowest BCUT2D eigenvalue weighted by Crippen LogP contribution is -2.35. The first-order valence-corrected chi connectivity index (χ1v) is 9.51. The zero-order valence-corrected chi connectivity index (χ0v) is 16.9. The number of carbonyl (C=O) groups excluding carboxylic acids is 1. The van der Waals surface area contributed by atoms with E-state index in [1.807, 2.05) is 26.8 Å². The van der Waals surface area contributed by atoms with Gasteiger partial charge >= 0.3 is 11.6 Å². The van der Waals surface area contributed by atoms with Gasteiger partial charge in [-0.3, -0.25) is 9.69 Å². The van der Waals surface area contributed by atoms with Crippen LogP contribution in [0.2, 0.25) is 0 Å². The fourth-order valence-corrected chi connectivity index (χ4v) is 3.42.